The van der Waals surface area contributed by atoms with Gasteiger partial charge in [0, 0.05) is 6.20 Å². The van der Waals surface area contributed by atoms with Gasteiger partial charge in [0.15, 0.2) is 11.6 Å². The van der Waals surface area contributed by atoms with Crippen LogP contribution in [0.25, 0.3) is 0 Å². The van der Waals surface area contributed by atoms with Crippen LogP contribution >= 0.6 is 15.9 Å². The number of halogens is 1. The van der Waals surface area contributed by atoms with Crippen LogP contribution in [0.15, 0.2) is 16.7 Å². The Bertz CT molecular complexity index is 278. The summed E-state index contributed by atoms with van der Waals surface area (Å²) in [6, 6.07) is 1.87. The van der Waals surface area contributed by atoms with Crippen LogP contribution in [-0.4, -0.2) is 18.1 Å². The van der Waals surface area contributed by atoms with Crippen LogP contribution in [0.2, 0.25) is 0 Å². The molecule has 2 heterocycles. The fraction of sp³-hybridized carbons (Fsp3) is 0.444. The van der Waals surface area contributed by atoms with Crippen LogP contribution < -0.4 is 10.1 Å². The molecule has 0 aliphatic carbocycles. The molecule has 1 N–H and O–H groups in total. The number of nitrogens with zero attached hydrogens (tertiary/aromatic N) is 1. The predicted octanol–water partition coefficient (Wildman–Crippen LogP) is 2.67. The van der Waals surface area contributed by atoms with E-state index in [0.29, 0.717) is 6.61 Å². The Morgan fingerprint density at radius 1 is 1.54 bits per heavy atom. The van der Waals surface area contributed by atoms with Crippen LogP contribution in [0.5, 0.6) is 5.75 Å². The van der Waals surface area contributed by atoms with Crippen molar-refractivity contribution in [3.63, 3.8) is 0 Å². The van der Waals surface area contributed by atoms with E-state index in [9.17, 15) is 0 Å². The van der Waals surface area contributed by atoms with Crippen LogP contribution in [0.3, 0.4) is 0 Å². The van der Waals surface area contributed by atoms with Gasteiger partial charge in [0.25, 0.3) is 0 Å². The van der Waals surface area contributed by atoms with Gasteiger partial charge in [0.05, 0.1) is 11.0 Å². The van der Waals surface area contributed by atoms with E-state index in [1.165, 1.54) is 0 Å². The van der Waals surface area contributed by atoms with Crippen molar-refractivity contribution in [3.05, 3.63) is 16.7 Å². The second-order valence-electron chi connectivity index (χ2n) is 2.25. The summed E-state index contributed by atoms with van der Waals surface area (Å²) in [6.45, 7) is 5.54. The highest BCUT2D eigenvalue weighted by Crippen LogP contribution is 2.32. The fourth-order valence-corrected chi connectivity index (χ4v) is 1.43. The second kappa shape index (κ2) is 5.07. The zero-order valence-electron chi connectivity index (χ0n) is 7.80. The van der Waals surface area contributed by atoms with Gasteiger partial charge in [-0.1, -0.05) is 13.8 Å². The average Bonchev–Trinajstić information content (AvgIpc) is 2.22. The molecule has 0 atom stereocenters. The summed E-state index contributed by atoms with van der Waals surface area (Å²) in [5.41, 5.74) is 0. The van der Waals surface area contributed by atoms with Crippen LogP contribution in [0.1, 0.15) is 13.8 Å². The molecule has 0 aromatic carbocycles. The van der Waals surface area contributed by atoms with E-state index < -0.39 is 0 Å². The highest BCUT2D eigenvalue weighted by Gasteiger charge is 2.12. The van der Waals surface area contributed by atoms with Gasteiger partial charge >= 0.3 is 0 Å². The summed E-state index contributed by atoms with van der Waals surface area (Å²) >= 11 is 3.38. The number of pyridine rings is 1. The molecule has 0 saturated heterocycles. The molecule has 0 unspecified atom stereocenters. The van der Waals surface area contributed by atoms with Crippen molar-refractivity contribution in [2.24, 2.45) is 0 Å². The number of fused-ring (bicyclic) bond motifs is 1. The maximum absolute atomic E-state index is 5.38. The molecule has 1 aromatic rings. The van der Waals surface area contributed by atoms with Crippen molar-refractivity contribution in [3.8, 4) is 5.75 Å². The Morgan fingerprint density at radius 2 is 2.31 bits per heavy atom. The summed E-state index contributed by atoms with van der Waals surface area (Å²) in [4.78, 5) is 4.11. The fourth-order valence-electron chi connectivity index (χ4n) is 1.01. The zero-order valence-corrected chi connectivity index (χ0v) is 9.39. The molecule has 2 rings (SSSR count). The van der Waals surface area contributed by atoms with Gasteiger partial charge in [-0.25, -0.2) is 4.98 Å². The predicted molar refractivity (Wildman–Crippen MR) is 57.3 cm³/mol. The Hall–Kier alpha value is -0.770. The number of hydrogen-bond donors (Lipinski definition) is 1. The summed E-state index contributed by atoms with van der Waals surface area (Å²) in [5, 5.41) is 3.14. The SMILES string of the molecule is Brc1ccnc2c1OCCN2.CC. The maximum atomic E-state index is 5.38. The summed E-state index contributed by atoms with van der Waals surface area (Å²) in [7, 11) is 0. The van der Waals surface area contributed by atoms with Gasteiger partial charge in [-0.2, -0.15) is 0 Å². The summed E-state index contributed by atoms with van der Waals surface area (Å²) in [5.74, 6) is 1.64. The number of hydrogen-bond acceptors (Lipinski definition) is 3. The quantitative estimate of drug-likeness (QED) is 0.763. The molecule has 0 bridgehead atoms. The van der Waals surface area contributed by atoms with Gasteiger partial charge in [-0.3, -0.25) is 0 Å². The minimum Gasteiger partial charge on any atom is -0.487 e. The number of rotatable bonds is 0. The molecule has 0 spiro atoms. The molecule has 1 aliphatic rings. The van der Waals surface area contributed by atoms with Crippen LogP contribution in [0, 0.1) is 0 Å². The first-order valence-corrected chi connectivity index (χ1v) is 5.18. The monoisotopic (exact) mass is 244 g/mol. The van der Waals surface area contributed by atoms with E-state index in [2.05, 4.69) is 26.2 Å². The average molecular weight is 245 g/mol. The third kappa shape index (κ3) is 2.34. The third-order valence-electron chi connectivity index (χ3n) is 1.50. The minimum atomic E-state index is 0.706. The third-order valence-corrected chi connectivity index (χ3v) is 2.12. The molecule has 0 radical (unpaired) electrons. The van der Waals surface area contributed by atoms with E-state index >= 15 is 0 Å². The summed E-state index contributed by atoms with van der Waals surface area (Å²) in [6.07, 6.45) is 1.74. The molecule has 0 amide bonds. The van der Waals surface area contributed by atoms with Gasteiger partial charge in [-0.05, 0) is 22.0 Å². The number of nitrogens with one attached hydrogen (secondary N) is 1. The van der Waals surface area contributed by atoms with Gasteiger partial charge in [0.2, 0.25) is 0 Å². The van der Waals surface area contributed by atoms with E-state index in [4.69, 9.17) is 4.74 Å². The van der Waals surface area contributed by atoms with Crippen molar-refractivity contribution in [2.45, 2.75) is 13.8 Å². The van der Waals surface area contributed by atoms with E-state index in [0.717, 1.165) is 22.6 Å². The topological polar surface area (TPSA) is 34.1 Å². The van der Waals surface area contributed by atoms with Gasteiger partial charge in [0.1, 0.15) is 6.61 Å². The van der Waals surface area contributed by atoms with Gasteiger partial charge in [-0.15, -0.1) is 0 Å². The normalized spacial score (nSPS) is 12.8. The van der Waals surface area contributed by atoms with Crippen LogP contribution in [-0.2, 0) is 0 Å². The van der Waals surface area contributed by atoms with Crippen molar-refractivity contribution in [2.75, 3.05) is 18.5 Å². The first-order chi connectivity index (χ1) is 6.38. The maximum Gasteiger partial charge on any atom is 0.175 e. The summed E-state index contributed by atoms with van der Waals surface area (Å²) < 4.78 is 6.34. The molecule has 4 heteroatoms. The first kappa shape index (κ1) is 10.3. The minimum absolute atomic E-state index is 0.706. The largest absolute Gasteiger partial charge is 0.487 e. The molecule has 1 aromatic heterocycles. The van der Waals surface area contributed by atoms with Crippen molar-refractivity contribution >= 4 is 21.7 Å². The lowest BCUT2D eigenvalue weighted by Crippen LogP contribution is -2.19. The van der Waals surface area contributed by atoms with E-state index in [1.54, 1.807) is 6.20 Å². The zero-order chi connectivity index (χ0) is 9.68. The second-order valence-corrected chi connectivity index (χ2v) is 3.10. The molecule has 13 heavy (non-hydrogen) atoms. The van der Waals surface area contributed by atoms with E-state index in [-0.39, 0.29) is 0 Å². The molecular weight excluding hydrogens is 232 g/mol. The van der Waals surface area contributed by atoms with E-state index in [1.807, 2.05) is 19.9 Å². The molecule has 3 nitrogen and oxygen atoms in total. The lowest BCUT2D eigenvalue weighted by atomic mass is 10.4. The molecule has 72 valence electrons. The molecule has 0 fully saturated rings. The Labute approximate surface area is 86.6 Å². The molecule has 1 aliphatic heterocycles. The lowest BCUT2D eigenvalue weighted by Gasteiger charge is -2.18. The molecule has 0 saturated carbocycles. The van der Waals surface area contributed by atoms with Crippen molar-refractivity contribution < 1.29 is 4.74 Å². The Kier molecular flexibility index (Phi) is 4.02. The number of ether oxygens (including phenoxy) is 1. The molecular formula is C9H13BrN2O. The Morgan fingerprint density at radius 3 is 3.00 bits per heavy atom. The van der Waals surface area contributed by atoms with Crippen molar-refractivity contribution in [1.82, 2.24) is 4.98 Å². The standard InChI is InChI=1S/C7H7BrN2O.C2H6/c8-5-1-2-9-7-6(5)11-4-3-10-7;1-2/h1-2H,3-4H2,(H,9,10);1-2H3. The van der Waals surface area contributed by atoms with Crippen LogP contribution in [0.4, 0.5) is 5.82 Å². The highest BCUT2D eigenvalue weighted by atomic mass is 79.9. The van der Waals surface area contributed by atoms with Crippen molar-refractivity contribution in [1.29, 1.82) is 0 Å². The number of anilines is 1. The Balaban J connectivity index is 0.000000396. The smallest absolute Gasteiger partial charge is 0.175 e. The lowest BCUT2D eigenvalue weighted by molar-refractivity contribution is 0.319. The number of aromatic nitrogens is 1. The highest BCUT2D eigenvalue weighted by molar-refractivity contribution is 9.10. The van der Waals surface area contributed by atoms with Gasteiger partial charge < -0.3 is 10.1 Å². The first-order valence-electron chi connectivity index (χ1n) is 4.39.